The van der Waals surface area contributed by atoms with E-state index in [0.717, 1.165) is 5.69 Å². The zero-order chi connectivity index (χ0) is 19.2. The van der Waals surface area contributed by atoms with Crippen LogP contribution in [0, 0.1) is 0 Å². The number of amides is 3. The molecule has 0 spiro atoms. The highest BCUT2D eigenvalue weighted by Gasteiger charge is 2.28. The monoisotopic (exact) mass is 369 g/mol. The van der Waals surface area contributed by atoms with Crippen LogP contribution in [0.1, 0.15) is 23.9 Å². The van der Waals surface area contributed by atoms with Crippen molar-refractivity contribution < 1.29 is 18.8 Å². The maximum atomic E-state index is 12.6. The average Bonchev–Trinajstić information content (AvgIpc) is 3.24. The minimum Gasteiger partial charge on any atom is -0.459 e. The summed E-state index contributed by atoms with van der Waals surface area (Å²) in [6.07, 6.45) is 1.29. The van der Waals surface area contributed by atoms with Crippen molar-refractivity contribution in [3.05, 3.63) is 54.5 Å². The second-order valence-electron chi connectivity index (χ2n) is 6.30. The number of piperazine rings is 1. The lowest BCUT2D eigenvalue weighted by Gasteiger charge is -2.34. The normalized spacial score (nSPS) is 14.1. The van der Waals surface area contributed by atoms with E-state index < -0.39 is 0 Å². The van der Waals surface area contributed by atoms with E-state index in [4.69, 9.17) is 4.42 Å². The number of carbonyl (C=O) groups is 3. The Kier molecular flexibility index (Phi) is 5.90. The van der Waals surface area contributed by atoms with Crippen LogP contribution in [0.5, 0.6) is 0 Å². The summed E-state index contributed by atoms with van der Waals surface area (Å²) in [4.78, 5) is 42.3. The van der Waals surface area contributed by atoms with Crippen molar-refractivity contribution >= 4 is 23.4 Å². The van der Waals surface area contributed by atoms with E-state index in [-0.39, 0.29) is 24.1 Å². The van der Waals surface area contributed by atoms with Crippen LogP contribution in [0.25, 0.3) is 0 Å². The van der Waals surface area contributed by atoms with Crippen molar-refractivity contribution in [2.75, 3.05) is 37.6 Å². The number of rotatable bonds is 5. The minimum atomic E-state index is -0.220. The van der Waals surface area contributed by atoms with Crippen molar-refractivity contribution in [2.24, 2.45) is 0 Å². The fourth-order valence-electron chi connectivity index (χ4n) is 3.16. The number of hydrogen-bond acceptors (Lipinski definition) is 4. The summed E-state index contributed by atoms with van der Waals surface area (Å²) in [6, 6.07) is 12.6. The van der Waals surface area contributed by atoms with Gasteiger partial charge in [0, 0.05) is 38.4 Å². The predicted molar refractivity (Wildman–Crippen MR) is 100 cm³/mol. The molecule has 3 amide bonds. The molecule has 2 aromatic rings. The number of benzene rings is 1. The highest BCUT2D eigenvalue weighted by atomic mass is 16.3. The Morgan fingerprint density at radius 1 is 0.963 bits per heavy atom. The van der Waals surface area contributed by atoms with E-state index in [1.165, 1.54) is 6.26 Å². The van der Waals surface area contributed by atoms with E-state index in [1.807, 2.05) is 37.3 Å². The molecule has 0 atom stereocenters. The lowest BCUT2D eigenvalue weighted by Crippen LogP contribution is -2.51. The van der Waals surface area contributed by atoms with Crippen molar-refractivity contribution in [1.82, 2.24) is 9.80 Å². The third-order valence-electron chi connectivity index (χ3n) is 4.64. The number of hydrogen-bond donors (Lipinski definition) is 0. The van der Waals surface area contributed by atoms with Gasteiger partial charge >= 0.3 is 0 Å². The molecule has 0 radical (unpaired) electrons. The number of furan rings is 1. The molecule has 1 fully saturated rings. The zero-order valence-corrected chi connectivity index (χ0v) is 15.3. The number of nitrogens with zero attached hydrogens (tertiary/aromatic N) is 3. The van der Waals surface area contributed by atoms with Gasteiger partial charge in [0.25, 0.3) is 5.91 Å². The third-order valence-corrected chi connectivity index (χ3v) is 4.64. The van der Waals surface area contributed by atoms with Crippen LogP contribution in [-0.2, 0) is 9.59 Å². The number of carbonyl (C=O) groups excluding carboxylic acids is 3. The highest BCUT2D eigenvalue weighted by molar-refractivity contribution is 6.05. The molecule has 2 heterocycles. The summed E-state index contributed by atoms with van der Waals surface area (Å²) in [5.41, 5.74) is 0.784. The van der Waals surface area contributed by atoms with Crippen molar-refractivity contribution in [1.29, 1.82) is 0 Å². The first-order chi connectivity index (χ1) is 13.1. The van der Waals surface area contributed by atoms with Gasteiger partial charge in [0.2, 0.25) is 11.8 Å². The van der Waals surface area contributed by atoms with E-state index in [0.29, 0.717) is 38.5 Å². The molecule has 0 bridgehead atoms. The summed E-state index contributed by atoms with van der Waals surface area (Å²) in [5, 5.41) is 0. The molecule has 0 N–H and O–H groups in total. The van der Waals surface area contributed by atoms with Crippen LogP contribution in [0.4, 0.5) is 5.69 Å². The number of para-hydroxylation sites is 1. The Morgan fingerprint density at radius 2 is 1.63 bits per heavy atom. The highest BCUT2D eigenvalue weighted by Crippen LogP contribution is 2.15. The van der Waals surface area contributed by atoms with Crippen LogP contribution in [0.3, 0.4) is 0 Å². The Balaban J connectivity index is 1.53. The van der Waals surface area contributed by atoms with E-state index in [1.54, 1.807) is 26.8 Å². The van der Waals surface area contributed by atoms with E-state index in [9.17, 15) is 14.4 Å². The van der Waals surface area contributed by atoms with E-state index >= 15 is 0 Å². The third kappa shape index (κ3) is 4.36. The molecule has 3 rings (SSSR count). The van der Waals surface area contributed by atoms with Crippen LogP contribution < -0.4 is 4.90 Å². The molecular formula is C20H23N3O4. The first-order valence-electron chi connectivity index (χ1n) is 9.06. The first kappa shape index (κ1) is 18.7. The van der Waals surface area contributed by atoms with Gasteiger partial charge in [-0.25, -0.2) is 0 Å². The van der Waals surface area contributed by atoms with Crippen LogP contribution in [-0.4, -0.2) is 60.2 Å². The van der Waals surface area contributed by atoms with Crippen LogP contribution in [0.15, 0.2) is 53.1 Å². The summed E-state index contributed by atoms with van der Waals surface area (Å²) in [5.74, 6) is -0.307. The molecule has 0 aliphatic carbocycles. The molecule has 1 aromatic heterocycles. The van der Waals surface area contributed by atoms with Crippen LogP contribution >= 0.6 is 0 Å². The zero-order valence-electron chi connectivity index (χ0n) is 15.3. The maximum Gasteiger partial charge on any atom is 0.289 e. The summed E-state index contributed by atoms with van der Waals surface area (Å²) in [6.45, 7) is 4.06. The molecule has 27 heavy (non-hydrogen) atoms. The SMILES string of the molecule is CCN(C(=O)CC(=O)N1CCN(C(=O)c2ccco2)CC1)c1ccccc1. The summed E-state index contributed by atoms with van der Waals surface area (Å²) in [7, 11) is 0. The Labute approximate surface area is 158 Å². The van der Waals surface area contributed by atoms with Crippen molar-refractivity contribution in [3.8, 4) is 0 Å². The van der Waals surface area contributed by atoms with Crippen molar-refractivity contribution in [3.63, 3.8) is 0 Å². The van der Waals surface area contributed by atoms with Gasteiger partial charge in [0.1, 0.15) is 6.42 Å². The van der Waals surface area contributed by atoms with Crippen LogP contribution in [0.2, 0.25) is 0 Å². The molecule has 1 aromatic carbocycles. The topological polar surface area (TPSA) is 74.1 Å². The Bertz CT molecular complexity index is 781. The fraction of sp³-hybridized carbons (Fsp3) is 0.350. The molecule has 142 valence electrons. The molecule has 1 saturated heterocycles. The first-order valence-corrected chi connectivity index (χ1v) is 9.06. The van der Waals surface area contributed by atoms with Gasteiger partial charge < -0.3 is 19.1 Å². The second-order valence-corrected chi connectivity index (χ2v) is 6.30. The Hall–Kier alpha value is -3.09. The van der Waals surface area contributed by atoms with Gasteiger partial charge in [0.05, 0.1) is 6.26 Å². The Morgan fingerprint density at radius 3 is 2.22 bits per heavy atom. The largest absolute Gasteiger partial charge is 0.459 e. The average molecular weight is 369 g/mol. The van der Waals surface area contributed by atoms with E-state index in [2.05, 4.69) is 0 Å². The maximum absolute atomic E-state index is 12.6. The number of anilines is 1. The molecule has 0 saturated carbocycles. The fourth-order valence-corrected chi connectivity index (χ4v) is 3.16. The smallest absolute Gasteiger partial charge is 0.289 e. The van der Waals surface area contributed by atoms with Gasteiger partial charge in [-0.2, -0.15) is 0 Å². The van der Waals surface area contributed by atoms with Crippen molar-refractivity contribution in [2.45, 2.75) is 13.3 Å². The summed E-state index contributed by atoms with van der Waals surface area (Å²) >= 11 is 0. The molecule has 7 heteroatoms. The van der Waals surface area contributed by atoms with Gasteiger partial charge in [-0.05, 0) is 31.2 Å². The summed E-state index contributed by atoms with van der Waals surface area (Å²) < 4.78 is 5.13. The van der Waals surface area contributed by atoms with Gasteiger partial charge in [-0.3, -0.25) is 14.4 Å². The van der Waals surface area contributed by atoms with Gasteiger partial charge in [-0.1, -0.05) is 18.2 Å². The molecule has 1 aliphatic rings. The van der Waals surface area contributed by atoms with Gasteiger partial charge in [-0.15, -0.1) is 0 Å². The lowest BCUT2D eigenvalue weighted by molar-refractivity contribution is -0.136. The second kappa shape index (κ2) is 8.53. The quantitative estimate of drug-likeness (QED) is 0.756. The molecule has 0 unspecified atom stereocenters. The van der Waals surface area contributed by atoms with Gasteiger partial charge in [0.15, 0.2) is 5.76 Å². The standard InChI is InChI=1S/C20H23N3O4/c1-2-23(16-7-4-3-5-8-16)19(25)15-18(24)21-10-12-22(13-11-21)20(26)17-9-6-14-27-17/h3-9,14H,2,10-13,15H2,1H3. The predicted octanol–water partition coefficient (Wildman–Crippen LogP) is 2.01. The molecule has 7 nitrogen and oxygen atoms in total. The minimum absolute atomic E-state index is 0.172. The molecule has 1 aliphatic heterocycles. The lowest BCUT2D eigenvalue weighted by atomic mass is 10.2. The molecular weight excluding hydrogens is 346 g/mol.